The van der Waals surface area contributed by atoms with Crippen LogP contribution in [0.5, 0.6) is 0 Å². The molecule has 1 atom stereocenters. The molecule has 0 bridgehead atoms. The first-order valence-corrected chi connectivity index (χ1v) is 6.83. The average Bonchev–Trinajstić information content (AvgIpc) is 2.66. The first kappa shape index (κ1) is 12.7. The molecule has 1 aliphatic rings. The molecule has 17 heavy (non-hydrogen) atoms. The lowest BCUT2D eigenvalue weighted by atomic mass is 10.0. The molecule has 0 aliphatic carbocycles. The highest BCUT2D eigenvalue weighted by Gasteiger charge is 2.28. The number of thioether (sulfide) groups is 1. The first-order valence-electron chi connectivity index (χ1n) is 5.47. The Morgan fingerprint density at radius 2 is 2.35 bits per heavy atom. The fourth-order valence-electron chi connectivity index (χ4n) is 1.48. The SMILES string of the molecule is CCC1(C)CSC(Nc2ccc(F)cc2Cl)=N1. The van der Waals surface area contributed by atoms with E-state index in [9.17, 15) is 4.39 Å². The van der Waals surface area contributed by atoms with Gasteiger partial charge >= 0.3 is 0 Å². The molecule has 2 rings (SSSR count). The van der Waals surface area contributed by atoms with Gasteiger partial charge in [0.2, 0.25) is 0 Å². The Morgan fingerprint density at radius 3 is 2.94 bits per heavy atom. The zero-order valence-corrected chi connectivity index (χ0v) is 11.3. The van der Waals surface area contributed by atoms with Gasteiger partial charge < -0.3 is 5.32 Å². The molecular formula is C12H14ClFN2S. The van der Waals surface area contributed by atoms with Crippen LogP contribution in [0.1, 0.15) is 20.3 Å². The quantitative estimate of drug-likeness (QED) is 0.874. The summed E-state index contributed by atoms with van der Waals surface area (Å²) in [6, 6.07) is 4.30. The molecule has 0 radical (unpaired) electrons. The largest absolute Gasteiger partial charge is 0.334 e. The Balaban J connectivity index is 2.15. The van der Waals surface area contributed by atoms with Crippen molar-refractivity contribution in [2.45, 2.75) is 25.8 Å². The van der Waals surface area contributed by atoms with E-state index in [1.54, 1.807) is 17.8 Å². The van der Waals surface area contributed by atoms with Gasteiger partial charge in [-0.15, -0.1) is 0 Å². The molecule has 0 saturated heterocycles. The topological polar surface area (TPSA) is 24.4 Å². The van der Waals surface area contributed by atoms with Crippen LogP contribution < -0.4 is 5.32 Å². The van der Waals surface area contributed by atoms with Gasteiger partial charge in [0.05, 0.1) is 16.2 Å². The molecule has 0 amide bonds. The number of halogens is 2. The maximum absolute atomic E-state index is 12.9. The van der Waals surface area contributed by atoms with Crippen molar-refractivity contribution in [1.29, 1.82) is 0 Å². The van der Waals surface area contributed by atoms with Crippen molar-refractivity contribution in [3.8, 4) is 0 Å². The number of benzene rings is 1. The number of nitrogens with zero attached hydrogens (tertiary/aromatic N) is 1. The van der Waals surface area contributed by atoms with E-state index >= 15 is 0 Å². The zero-order chi connectivity index (χ0) is 12.5. The molecule has 0 fully saturated rings. The number of anilines is 1. The molecular weight excluding hydrogens is 259 g/mol. The van der Waals surface area contributed by atoms with Gasteiger partial charge in [-0.1, -0.05) is 30.3 Å². The summed E-state index contributed by atoms with van der Waals surface area (Å²) in [5.74, 6) is 0.630. The van der Waals surface area contributed by atoms with E-state index in [4.69, 9.17) is 11.6 Å². The van der Waals surface area contributed by atoms with Crippen LogP contribution in [-0.2, 0) is 0 Å². The van der Waals surface area contributed by atoms with Crippen molar-refractivity contribution in [3.63, 3.8) is 0 Å². The van der Waals surface area contributed by atoms with Crippen LogP contribution >= 0.6 is 23.4 Å². The molecule has 1 unspecified atom stereocenters. The summed E-state index contributed by atoms with van der Waals surface area (Å²) >= 11 is 7.61. The van der Waals surface area contributed by atoms with Gasteiger partial charge in [0, 0.05) is 5.75 Å². The van der Waals surface area contributed by atoms with E-state index in [0.29, 0.717) is 10.7 Å². The smallest absolute Gasteiger partial charge is 0.161 e. The van der Waals surface area contributed by atoms with Crippen molar-refractivity contribution >= 4 is 34.2 Å². The number of hydrogen-bond donors (Lipinski definition) is 1. The Morgan fingerprint density at radius 1 is 1.59 bits per heavy atom. The number of aliphatic imine (C=N–C) groups is 1. The highest BCUT2D eigenvalue weighted by atomic mass is 35.5. The number of amidine groups is 1. The van der Waals surface area contributed by atoms with Crippen molar-refractivity contribution in [1.82, 2.24) is 0 Å². The minimum absolute atomic E-state index is 0.000490. The molecule has 0 saturated carbocycles. The third kappa shape index (κ3) is 2.93. The lowest BCUT2D eigenvalue weighted by Gasteiger charge is -2.15. The van der Waals surface area contributed by atoms with Crippen molar-refractivity contribution in [3.05, 3.63) is 29.0 Å². The Kier molecular flexibility index (Phi) is 3.64. The third-order valence-corrected chi connectivity index (χ3v) is 4.37. The van der Waals surface area contributed by atoms with Crippen LogP contribution in [0.15, 0.2) is 23.2 Å². The van der Waals surface area contributed by atoms with E-state index in [2.05, 4.69) is 24.2 Å². The van der Waals surface area contributed by atoms with Gasteiger partial charge in [0.15, 0.2) is 5.17 Å². The van der Waals surface area contributed by atoms with Gasteiger partial charge in [-0.2, -0.15) is 0 Å². The van der Waals surface area contributed by atoms with Crippen LogP contribution in [0, 0.1) is 5.82 Å². The minimum atomic E-state index is -0.333. The van der Waals surface area contributed by atoms with Crippen LogP contribution in [0.25, 0.3) is 0 Å². The van der Waals surface area contributed by atoms with Crippen LogP contribution in [0.2, 0.25) is 5.02 Å². The number of rotatable bonds is 2. The second kappa shape index (κ2) is 4.86. The van der Waals surface area contributed by atoms with Crippen molar-refractivity contribution in [2.75, 3.05) is 11.1 Å². The first-order chi connectivity index (χ1) is 8.02. The standard InChI is InChI=1S/C12H14ClFN2S/c1-3-12(2)7-17-11(16-12)15-10-5-4-8(14)6-9(10)13/h4-6H,3,7H2,1-2H3,(H,15,16). The van der Waals surface area contributed by atoms with E-state index < -0.39 is 0 Å². The minimum Gasteiger partial charge on any atom is -0.334 e. The average molecular weight is 273 g/mol. The molecule has 2 nitrogen and oxygen atoms in total. The summed E-state index contributed by atoms with van der Waals surface area (Å²) in [5, 5.41) is 4.36. The molecule has 92 valence electrons. The van der Waals surface area contributed by atoms with E-state index in [0.717, 1.165) is 17.3 Å². The normalized spacial score (nSPS) is 23.6. The molecule has 1 heterocycles. The molecule has 0 spiro atoms. The molecule has 1 aromatic carbocycles. The number of hydrogen-bond acceptors (Lipinski definition) is 3. The fourth-order valence-corrected chi connectivity index (χ4v) is 2.88. The molecule has 1 aliphatic heterocycles. The van der Waals surface area contributed by atoms with Crippen LogP contribution in [-0.4, -0.2) is 16.5 Å². The summed E-state index contributed by atoms with van der Waals surface area (Å²) in [7, 11) is 0. The Bertz CT molecular complexity index is 464. The van der Waals surface area contributed by atoms with Crippen LogP contribution in [0.4, 0.5) is 10.1 Å². The van der Waals surface area contributed by atoms with Gasteiger partial charge in [-0.25, -0.2) is 4.39 Å². The summed E-state index contributed by atoms with van der Waals surface area (Å²) in [5.41, 5.74) is 0.694. The highest BCUT2D eigenvalue weighted by molar-refractivity contribution is 8.14. The Hall–Kier alpha value is -0.740. The lowest BCUT2D eigenvalue weighted by Crippen LogP contribution is -2.20. The summed E-state index contributed by atoms with van der Waals surface area (Å²) in [6.07, 6.45) is 1.00. The van der Waals surface area contributed by atoms with E-state index in [1.165, 1.54) is 12.1 Å². The van der Waals surface area contributed by atoms with Gasteiger partial charge in [0.1, 0.15) is 5.82 Å². The zero-order valence-electron chi connectivity index (χ0n) is 9.76. The van der Waals surface area contributed by atoms with Crippen LogP contribution in [0.3, 0.4) is 0 Å². The van der Waals surface area contributed by atoms with E-state index in [-0.39, 0.29) is 11.4 Å². The summed E-state index contributed by atoms with van der Waals surface area (Å²) in [4.78, 5) is 4.61. The molecule has 0 aromatic heterocycles. The number of nitrogens with one attached hydrogen (secondary N) is 1. The molecule has 1 aromatic rings. The summed E-state index contributed by atoms with van der Waals surface area (Å²) in [6.45, 7) is 4.25. The van der Waals surface area contributed by atoms with Gasteiger partial charge in [-0.3, -0.25) is 4.99 Å². The predicted octanol–water partition coefficient (Wildman–Crippen LogP) is 4.16. The highest BCUT2D eigenvalue weighted by Crippen LogP contribution is 2.32. The van der Waals surface area contributed by atoms with Crippen molar-refractivity contribution in [2.24, 2.45) is 4.99 Å². The van der Waals surface area contributed by atoms with E-state index in [1.807, 2.05) is 0 Å². The van der Waals surface area contributed by atoms with Crippen molar-refractivity contribution < 1.29 is 4.39 Å². The lowest BCUT2D eigenvalue weighted by molar-refractivity contribution is 0.523. The fraction of sp³-hybridized carbons (Fsp3) is 0.417. The maximum atomic E-state index is 12.9. The second-order valence-electron chi connectivity index (χ2n) is 4.31. The molecule has 1 N–H and O–H groups in total. The predicted molar refractivity (Wildman–Crippen MR) is 73.6 cm³/mol. The van der Waals surface area contributed by atoms with Gasteiger partial charge in [0.25, 0.3) is 0 Å². The molecule has 5 heteroatoms. The summed E-state index contributed by atoms with van der Waals surface area (Å²) < 4.78 is 12.9. The van der Waals surface area contributed by atoms with Gasteiger partial charge in [-0.05, 0) is 31.5 Å². The third-order valence-electron chi connectivity index (χ3n) is 2.83. The monoisotopic (exact) mass is 272 g/mol. The Labute approximate surface area is 110 Å². The maximum Gasteiger partial charge on any atom is 0.161 e. The second-order valence-corrected chi connectivity index (χ2v) is 5.68.